The van der Waals surface area contributed by atoms with Crippen LogP contribution in [-0.4, -0.2) is 52.9 Å². The van der Waals surface area contributed by atoms with Crippen LogP contribution in [0.5, 0.6) is 0 Å². The molecule has 3 rings (SSSR count). The molecule has 1 saturated heterocycles. The van der Waals surface area contributed by atoms with Crippen LogP contribution >= 0.6 is 23.2 Å². The standard InChI is InChI=1S/C27H33Cl2NO6S/c1-5-7-21(16-37(34,35)27(2,3)4)30-24(17-10-12-19(28)13-11-17)25(18-8-6-9-20(29)14-18)36-22(26(30)33)15-23(31)32/h6,8-14,21-22,24-25H,5,7,15-16H2,1-4H3,(H,31,32)/t21-,22+,24+,25+/m0/s1. The Labute approximate surface area is 228 Å². The monoisotopic (exact) mass is 569 g/mol. The molecule has 0 aromatic heterocycles. The average Bonchev–Trinajstić information content (AvgIpc) is 2.79. The largest absolute Gasteiger partial charge is 0.481 e. The smallest absolute Gasteiger partial charge is 0.306 e. The molecule has 37 heavy (non-hydrogen) atoms. The van der Waals surface area contributed by atoms with Gasteiger partial charge in [0.15, 0.2) is 9.84 Å². The van der Waals surface area contributed by atoms with Crippen molar-refractivity contribution >= 4 is 44.9 Å². The van der Waals surface area contributed by atoms with Crippen LogP contribution in [-0.2, 0) is 24.2 Å². The molecular formula is C27H33Cl2NO6S. The summed E-state index contributed by atoms with van der Waals surface area (Å²) in [6.45, 7) is 6.81. The number of carbonyl (C=O) groups excluding carboxylic acids is 1. The number of morpholine rings is 1. The zero-order valence-electron chi connectivity index (χ0n) is 21.4. The summed E-state index contributed by atoms with van der Waals surface area (Å²) in [6.07, 6.45) is -1.61. The van der Waals surface area contributed by atoms with Gasteiger partial charge in [0.05, 0.1) is 23.0 Å². The quantitative estimate of drug-likeness (QED) is 0.405. The molecule has 1 heterocycles. The highest BCUT2D eigenvalue weighted by Crippen LogP contribution is 2.45. The number of rotatable bonds is 9. The van der Waals surface area contributed by atoms with Gasteiger partial charge in [-0.05, 0) is 62.6 Å². The first kappa shape index (κ1) is 29.4. The van der Waals surface area contributed by atoms with Crippen LogP contribution in [0, 0.1) is 0 Å². The third-order valence-electron chi connectivity index (χ3n) is 6.54. The Morgan fingerprint density at radius 1 is 1.08 bits per heavy atom. The Bertz CT molecular complexity index is 1230. The minimum Gasteiger partial charge on any atom is -0.481 e. The second-order valence-corrected chi connectivity index (χ2v) is 13.9. The van der Waals surface area contributed by atoms with Crippen LogP contribution in [0.15, 0.2) is 48.5 Å². The fourth-order valence-electron chi connectivity index (χ4n) is 4.54. The van der Waals surface area contributed by atoms with Gasteiger partial charge in [-0.3, -0.25) is 9.59 Å². The molecule has 0 unspecified atom stereocenters. The normalized spacial score (nSPS) is 21.6. The molecule has 0 saturated carbocycles. The highest BCUT2D eigenvalue weighted by molar-refractivity contribution is 7.92. The number of benzene rings is 2. The van der Waals surface area contributed by atoms with Crippen LogP contribution in [0.25, 0.3) is 0 Å². The van der Waals surface area contributed by atoms with Crippen LogP contribution in [0.1, 0.15) is 70.2 Å². The molecule has 10 heteroatoms. The summed E-state index contributed by atoms with van der Waals surface area (Å²) in [4.78, 5) is 27.1. The SMILES string of the molecule is CCC[C@@H](CS(=O)(=O)C(C)(C)C)N1C(=O)[C@@H](CC(=O)O)O[C@H](c2cccc(Cl)c2)[C@H]1c1ccc(Cl)cc1. The molecule has 0 spiro atoms. The van der Waals surface area contributed by atoms with E-state index in [2.05, 4.69) is 0 Å². The number of ether oxygens (including phenoxy) is 1. The maximum absolute atomic E-state index is 13.9. The zero-order chi connectivity index (χ0) is 27.5. The average molecular weight is 571 g/mol. The van der Waals surface area contributed by atoms with Crippen molar-refractivity contribution in [3.8, 4) is 0 Å². The fourth-order valence-corrected chi connectivity index (χ4v) is 6.20. The van der Waals surface area contributed by atoms with Gasteiger partial charge < -0.3 is 14.7 Å². The number of hydrogen-bond donors (Lipinski definition) is 1. The van der Waals surface area contributed by atoms with E-state index in [-0.39, 0.29) is 5.75 Å². The molecule has 2 aromatic carbocycles. The number of hydrogen-bond acceptors (Lipinski definition) is 5. The van der Waals surface area contributed by atoms with E-state index in [9.17, 15) is 23.1 Å². The van der Waals surface area contributed by atoms with Crippen LogP contribution in [0.4, 0.5) is 0 Å². The molecule has 7 nitrogen and oxygen atoms in total. The van der Waals surface area contributed by atoms with Crippen LogP contribution in [0.3, 0.4) is 0 Å². The third-order valence-corrected chi connectivity index (χ3v) is 9.71. The molecule has 4 atom stereocenters. The number of halogens is 2. The molecule has 1 N–H and O–H groups in total. The lowest BCUT2D eigenvalue weighted by Gasteiger charge is -2.48. The van der Waals surface area contributed by atoms with Crippen molar-refractivity contribution in [2.24, 2.45) is 0 Å². The lowest BCUT2D eigenvalue weighted by molar-refractivity contribution is -0.182. The van der Waals surface area contributed by atoms with Gasteiger partial charge in [-0.25, -0.2) is 8.42 Å². The van der Waals surface area contributed by atoms with E-state index >= 15 is 0 Å². The first-order valence-electron chi connectivity index (χ1n) is 12.2. The predicted molar refractivity (Wildman–Crippen MR) is 145 cm³/mol. The molecule has 1 aliphatic heterocycles. The van der Waals surface area contributed by atoms with Crippen molar-refractivity contribution in [3.63, 3.8) is 0 Å². The number of sulfone groups is 1. The first-order chi connectivity index (χ1) is 17.2. The van der Waals surface area contributed by atoms with Crippen LogP contribution in [0.2, 0.25) is 10.0 Å². The number of amides is 1. The van der Waals surface area contributed by atoms with E-state index in [0.29, 0.717) is 34.0 Å². The second kappa shape index (κ2) is 11.7. The van der Waals surface area contributed by atoms with Gasteiger partial charge >= 0.3 is 5.97 Å². The number of carbonyl (C=O) groups is 2. The van der Waals surface area contributed by atoms with E-state index in [1.54, 1.807) is 74.2 Å². The van der Waals surface area contributed by atoms with Gasteiger partial charge in [0.2, 0.25) is 0 Å². The minimum atomic E-state index is -3.63. The Hall–Kier alpha value is -2.13. The summed E-state index contributed by atoms with van der Waals surface area (Å²) < 4.78 is 31.8. The summed E-state index contributed by atoms with van der Waals surface area (Å²) in [7, 11) is -3.63. The van der Waals surface area contributed by atoms with Crippen molar-refractivity contribution in [3.05, 3.63) is 69.7 Å². The second-order valence-electron chi connectivity index (χ2n) is 10.3. The van der Waals surface area contributed by atoms with E-state index < -0.39 is 57.2 Å². The minimum absolute atomic E-state index is 0.262. The van der Waals surface area contributed by atoms with Crippen molar-refractivity contribution in [1.29, 1.82) is 0 Å². The summed E-state index contributed by atoms with van der Waals surface area (Å²) in [6, 6.07) is 12.5. The summed E-state index contributed by atoms with van der Waals surface area (Å²) in [5.41, 5.74) is 1.33. The van der Waals surface area contributed by atoms with Gasteiger partial charge in [-0.2, -0.15) is 0 Å². The van der Waals surface area contributed by atoms with Gasteiger partial charge in [-0.15, -0.1) is 0 Å². The number of aliphatic carboxylic acids is 1. The highest BCUT2D eigenvalue weighted by Gasteiger charge is 2.48. The fraction of sp³-hybridized carbons (Fsp3) is 0.481. The molecule has 0 radical (unpaired) electrons. The van der Waals surface area contributed by atoms with Crippen LogP contribution < -0.4 is 0 Å². The molecule has 1 fully saturated rings. The van der Waals surface area contributed by atoms with Gasteiger partial charge in [0, 0.05) is 16.1 Å². The molecule has 1 amide bonds. The maximum Gasteiger partial charge on any atom is 0.306 e. The Balaban J connectivity index is 2.24. The Kier molecular flexibility index (Phi) is 9.32. The third kappa shape index (κ3) is 6.85. The maximum atomic E-state index is 13.9. The lowest BCUT2D eigenvalue weighted by Crippen LogP contribution is -2.57. The topological polar surface area (TPSA) is 101 Å². The van der Waals surface area contributed by atoms with Gasteiger partial charge in [-0.1, -0.05) is 60.8 Å². The zero-order valence-corrected chi connectivity index (χ0v) is 23.7. The van der Waals surface area contributed by atoms with E-state index in [0.717, 1.165) is 0 Å². The Morgan fingerprint density at radius 2 is 1.73 bits per heavy atom. The molecular weight excluding hydrogens is 537 g/mol. The van der Waals surface area contributed by atoms with Crippen molar-refractivity contribution in [1.82, 2.24) is 4.90 Å². The number of carboxylic acid groups (broad SMARTS) is 1. The van der Waals surface area contributed by atoms with Crippen molar-refractivity contribution in [2.75, 3.05) is 5.75 Å². The van der Waals surface area contributed by atoms with E-state index in [1.165, 1.54) is 0 Å². The summed E-state index contributed by atoms with van der Waals surface area (Å²) >= 11 is 12.4. The Morgan fingerprint density at radius 3 is 2.27 bits per heavy atom. The molecule has 0 aliphatic carbocycles. The summed E-state index contributed by atoms with van der Waals surface area (Å²) in [5.74, 6) is -2.01. The highest BCUT2D eigenvalue weighted by atomic mass is 35.5. The number of carboxylic acids is 1. The molecule has 2 aromatic rings. The van der Waals surface area contributed by atoms with Crippen molar-refractivity contribution < 1.29 is 27.9 Å². The van der Waals surface area contributed by atoms with Gasteiger partial charge in [0.1, 0.15) is 12.2 Å². The lowest BCUT2D eigenvalue weighted by atomic mass is 9.89. The first-order valence-corrected chi connectivity index (χ1v) is 14.6. The molecule has 0 bridgehead atoms. The van der Waals surface area contributed by atoms with E-state index in [4.69, 9.17) is 27.9 Å². The van der Waals surface area contributed by atoms with Gasteiger partial charge in [0.25, 0.3) is 5.91 Å². The van der Waals surface area contributed by atoms with Crippen molar-refractivity contribution in [2.45, 2.75) is 76.0 Å². The number of nitrogens with zero attached hydrogens (tertiary/aromatic N) is 1. The summed E-state index contributed by atoms with van der Waals surface area (Å²) in [5, 5.41) is 10.5. The van der Waals surface area contributed by atoms with E-state index in [1.807, 2.05) is 6.92 Å². The predicted octanol–water partition coefficient (Wildman–Crippen LogP) is 5.86. The molecule has 202 valence electrons. The molecule has 1 aliphatic rings.